The summed E-state index contributed by atoms with van der Waals surface area (Å²) >= 11 is 0. The van der Waals surface area contributed by atoms with Gasteiger partial charge < -0.3 is 10.0 Å². The van der Waals surface area contributed by atoms with Gasteiger partial charge in [0.1, 0.15) is 10.9 Å². The van der Waals surface area contributed by atoms with Crippen LogP contribution < -0.4 is 0 Å². The lowest BCUT2D eigenvalue weighted by Crippen LogP contribution is -2.47. The van der Waals surface area contributed by atoms with E-state index in [0.717, 1.165) is 0 Å². The van der Waals surface area contributed by atoms with E-state index in [4.69, 9.17) is 0 Å². The molecule has 3 heterocycles. The SMILES string of the molecule is O=C(O)[C@H]1CCCN1C(=O)C1CCN(S(=O)(=O)c2cccnc2)CC1. The lowest BCUT2D eigenvalue weighted by Gasteiger charge is -2.33. The third-order valence-corrected chi connectivity index (χ3v) is 6.78. The topological polar surface area (TPSA) is 108 Å². The molecule has 0 bridgehead atoms. The number of carbonyl (C=O) groups is 2. The van der Waals surface area contributed by atoms with E-state index in [0.29, 0.717) is 32.2 Å². The predicted molar refractivity (Wildman–Crippen MR) is 88.1 cm³/mol. The number of hydrogen-bond acceptors (Lipinski definition) is 5. The smallest absolute Gasteiger partial charge is 0.326 e. The molecule has 9 heteroatoms. The van der Waals surface area contributed by atoms with Gasteiger partial charge in [-0.2, -0.15) is 4.31 Å². The maximum Gasteiger partial charge on any atom is 0.326 e. The molecule has 2 aliphatic rings. The Kier molecular flexibility index (Phi) is 5.05. The van der Waals surface area contributed by atoms with Crippen LogP contribution >= 0.6 is 0 Å². The van der Waals surface area contributed by atoms with Crippen LogP contribution in [0, 0.1) is 5.92 Å². The van der Waals surface area contributed by atoms with Crippen LogP contribution in [0.2, 0.25) is 0 Å². The van der Waals surface area contributed by atoms with Gasteiger partial charge in [0.2, 0.25) is 15.9 Å². The first kappa shape index (κ1) is 17.8. The van der Waals surface area contributed by atoms with Crippen molar-refractivity contribution >= 4 is 21.9 Å². The number of amides is 1. The number of rotatable bonds is 4. The van der Waals surface area contributed by atoms with Crippen molar-refractivity contribution in [2.75, 3.05) is 19.6 Å². The highest BCUT2D eigenvalue weighted by Crippen LogP contribution is 2.27. The lowest BCUT2D eigenvalue weighted by molar-refractivity contribution is -0.150. The minimum atomic E-state index is -3.60. The molecule has 0 aromatic carbocycles. The molecule has 1 atom stereocenters. The van der Waals surface area contributed by atoms with Crippen LogP contribution in [0.25, 0.3) is 0 Å². The van der Waals surface area contributed by atoms with Gasteiger partial charge in [-0.15, -0.1) is 0 Å². The Morgan fingerprint density at radius 2 is 1.88 bits per heavy atom. The first-order chi connectivity index (χ1) is 11.9. The highest BCUT2D eigenvalue weighted by Gasteiger charge is 2.39. The second-order valence-corrected chi connectivity index (χ2v) is 8.33. The first-order valence-electron chi connectivity index (χ1n) is 8.34. The number of likely N-dealkylation sites (tertiary alicyclic amines) is 1. The number of hydrogen-bond donors (Lipinski definition) is 1. The Hall–Kier alpha value is -2.00. The van der Waals surface area contributed by atoms with Crippen molar-refractivity contribution in [3.8, 4) is 0 Å². The summed E-state index contributed by atoms with van der Waals surface area (Å²) in [7, 11) is -3.60. The Balaban J connectivity index is 1.64. The quantitative estimate of drug-likeness (QED) is 0.833. The van der Waals surface area contributed by atoms with Crippen molar-refractivity contribution < 1.29 is 23.1 Å². The van der Waals surface area contributed by atoms with Crippen LogP contribution in [0.4, 0.5) is 0 Å². The van der Waals surface area contributed by atoms with Crippen molar-refractivity contribution in [1.29, 1.82) is 0 Å². The molecule has 2 fully saturated rings. The van der Waals surface area contributed by atoms with Gasteiger partial charge in [-0.1, -0.05) is 0 Å². The molecule has 0 saturated carbocycles. The maximum absolute atomic E-state index is 12.6. The number of carboxylic acid groups (broad SMARTS) is 1. The van der Waals surface area contributed by atoms with Crippen molar-refractivity contribution in [2.45, 2.75) is 36.6 Å². The Morgan fingerprint density at radius 3 is 2.48 bits per heavy atom. The van der Waals surface area contributed by atoms with E-state index < -0.39 is 22.0 Å². The van der Waals surface area contributed by atoms with Gasteiger partial charge in [-0.05, 0) is 37.8 Å². The van der Waals surface area contributed by atoms with Crippen molar-refractivity contribution in [3.63, 3.8) is 0 Å². The van der Waals surface area contributed by atoms with Crippen molar-refractivity contribution in [3.05, 3.63) is 24.5 Å². The molecule has 1 N–H and O–H groups in total. The summed E-state index contributed by atoms with van der Waals surface area (Å²) in [5, 5.41) is 9.22. The fourth-order valence-electron chi connectivity index (χ4n) is 3.51. The average molecular weight is 367 g/mol. The normalized spacial score (nSPS) is 22.9. The number of sulfonamides is 1. The third-order valence-electron chi connectivity index (χ3n) is 4.90. The van der Waals surface area contributed by atoms with Crippen LogP contribution in [-0.4, -0.2) is 65.3 Å². The third kappa shape index (κ3) is 3.52. The molecule has 1 aromatic heterocycles. The zero-order valence-corrected chi connectivity index (χ0v) is 14.6. The van der Waals surface area contributed by atoms with Crippen LogP contribution in [0.1, 0.15) is 25.7 Å². The summed E-state index contributed by atoms with van der Waals surface area (Å²) < 4.78 is 26.5. The molecular formula is C16H21N3O5S. The lowest BCUT2D eigenvalue weighted by atomic mass is 9.96. The molecule has 0 unspecified atom stereocenters. The Morgan fingerprint density at radius 1 is 1.16 bits per heavy atom. The summed E-state index contributed by atoms with van der Waals surface area (Å²) in [6.45, 7) is 0.961. The molecule has 0 radical (unpaired) electrons. The number of carboxylic acids is 1. The van der Waals surface area contributed by atoms with Gasteiger partial charge in [0.15, 0.2) is 0 Å². The number of carbonyl (C=O) groups excluding carboxylic acids is 1. The molecule has 136 valence electrons. The zero-order chi connectivity index (χ0) is 18.0. The van der Waals surface area contributed by atoms with Gasteiger partial charge in [0.25, 0.3) is 0 Å². The molecule has 3 rings (SSSR count). The van der Waals surface area contributed by atoms with E-state index in [1.165, 1.54) is 27.7 Å². The summed E-state index contributed by atoms with van der Waals surface area (Å²) in [6.07, 6.45) is 4.81. The van der Waals surface area contributed by atoms with Gasteiger partial charge in [-0.3, -0.25) is 9.78 Å². The maximum atomic E-state index is 12.6. The van der Waals surface area contributed by atoms with E-state index >= 15 is 0 Å². The highest BCUT2D eigenvalue weighted by molar-refractivity contribution is 7.89. The summed E-state index contributed by atoms with van der Waals surface area (Å²) in [4.78, 5) is 29.3. The summed E-state index contributed by atoms with van der Waals surface area (Å²) in [5.74, 6) is -1.45. The average Bonchev–Trinajstić information content (AvgIpc) is 3.12. The predicted octanol–water partition coefficient (Wildman–Crippen LogP) is 0.558. The van der Waals surface area contributed by atoms with Crippen molar-refractivity contribution in [2.24, 2.45) is 5.92 Å². The molecule has 25 heavy (non-hydrogen) atoms. The van der Waals surface area contributed by atoms with E-state index in [9.17, 15) is 23.1 Å². The Bertz CT molecular complexity index is 744. The molecule has 8 nitrogen and oxygen atoms in total. The van der Waals surface area contributed by atoms with Gasteiger partial charge in [-0.25, -0.2) is 13.2 Å². The second-order valence-electron chi connectivity index (χ2n) is 6.39. The fraction of sp³-hybridized carbons (Fsp3) is 0.562. The molecule has 0 spiro atoms. The van der Waals surface area contributed by atoms with Crippen LogP contribution in [-0.2, 0) is 19.6 Å². The minimum absolute atomic E-state index is 0.144. The molecule has 1 amide bonds. The van der Waals surface area contributed by atoms with Crippen LogP contribution in [0.5, 0.6) is 0 Å². The zero-order valence-electron chi connectivity index (χ0n) is 13.7. The molecule has 2 saturated heterocycles. The van der Waals surface area contributed by atoms with E-state index in [1.54, 1.807) is 6.07 Å². The largest absolute Gasteiger partial charge is 0.480 e. The monoisotopic (exact) mass is 367 g/mol. The number of piperidine rings is 1. The van der Waals surface area contributed by atoms with Crippen molar-refractivity contribution in [1.82, 2.24) is 14.2 Å². The number of aliphatic carboxylic acids is 1. The van der Waals surface area contributed by atoms with Gasteiger partial charge in [0.05, 0.1) is 0 Å². The van der Waals surface area contributed by atoms with E-state index in [2.05, 4.69) is 4.98 Å². The Labute approximate surface area is 146 Å². The number of nitrogens with zero attached hydrogens (tertiary/aromatic N) is 3. The number of pyridine rings is 1. The molecule has 1 aromatic rings. The van der Waals surface area contributed by atoms with Crippen LogP contribution in [0.15, 0.2) is 29.4 Å². The minimum Gasteiger partial charge on any atom is -0.480 e. The summed E-state index contributed by atoms with van der Waals surface area (Å²) in [6, 6.07) is 2.33. The highest BCUT2D eigenvalue weighted by atomic mass is 32.2. The van der Waals surface area contributed by atoms with Gasteiger partial charge >= 0.3 is 5.97 Å². The molecule has 0 aliphatic carbocycles. The standard InChI is InChI=1S/C16H21N3O5S/c20-15(19-8-2-4-14(19)16(21)22)12-5-9-18(10-6-12)25(23,24)13-3-1-7-17-11-13/h1,3,7,11-12,14H,2,4-6,8-10H2,(H,21,22)/t14-/m1/s1. The second kappa shape index (κ2) is 7.09. The van der Waals surface area contributed by atoms with E-state index in [1.807, 2.05) is 0 Å². The first-order valence-corrected chi connectivity index (χ1v) is 9.78. The van der Waals surface area contributed by atoms with E-state index in [-0.39, 0.29) is 29.8 Å². The molecule has 2 aliphatic heterocycles. The summed E-state index contributed by atoms with van der Waals surface area (Å²) in [5.41, 5.74) is 0. The molecular weight excluding hydrogens is 346 g/mol. The number of aromatic nitrogens is 1. The van der Waals surface area contributed by atoms with Gasteiger partial charge in [0, 0.05) is 37.9 Å². The van der Waals surface area contributed by atoms with Crippen LogP contribution in [0.3, 0.4) is 0 Å². The fourth-order valence-corrected chi connectivity index (χ4v) is 4.95.